The number of morpholine rings is 1. The monoisotopic (exact) mass is 285 g/mol. The van der Waals surface area contributed by atoms with Gasteiger partial charge in [0.15, 0.2) is 5.82 Å². The van der Waals surface area contributed by atoms with E-state index in [4.69, 9.17) is 4.74 Å². The molecule has 0 amide bonds. The van der Waals surface area contributed by atoms with Crippen LogP contribution < -0.4 is 0 Å². The van der Waals surface area contributed by atoms with Crippen LogP contribution in [0.4, 0.5) is 0 Å². The molecule has 2 aromatic rings. The average molecular weight is 285 g/mol. The van der Waals surface area contributed by atoms with Gasteiger partial charge in [0.1, 0.15) is 0 Å². The quantitative estimate of drug-likeness (QED) is 0.852. The van der Waals surface area contributed by atoms with Crippen LogP contribution in [0.5, 0.6) is 0 Å². The minimum absolute atomic E-state index is 0.728. The molecule has 6 nitrogen and oxygen atoms in total. The first-order valence-corrected chi connectivity index (χ1v) is 7.24. The zero-order valence-electron chi connectivity index (χ0n) is 12.1. The molecule has 3 rings (SSSR count). The highest BCUT2D eigenvalue weighted by molar-refractivity contribution is 5.44. The van der Waals surface area contributed by atoms with E-state index < -0.39 is 0 Å². The number of nitrogens with zero attached hydrogens (tertiary/aromatic N) is 5. The van der Waals surface area contributed by atoms with Gasteiger partial charge >= 0.3 is 0 Å². The van der Waals surface area contributed by atoms with Crippen LogP contribution in [0.2, 0.25) is 0 Å². The summed E-state index contributed by atoms with van der Waals surface area (Å²) in [6.07, 6.45) is 5.00. The third-order valence-corrected chi connectivity index (χ3v) is 3.56. The molecule has 0 atom stereocenters. The Morgan fingerprint density at radius 3 is 2.67 bits per heavy atom. The summed E-state index contributed by atoms with van der Waals surface area (Å²) < 4.78 is 7.08. The van der Waals surface area contributed by atoms with Crippen molar-refractivity contribution < 1.29 is 4.74 Å². The van der Waals surface area contributed by atoms with Crippen LogP contribution in [0.15, 0.2) is 30.5 Å². The van der Waals surface area contributed by atoms with Crippen molar-refractivity contribution in [1.29, 1.82) is 0 Å². The van der Waals surface area contributed by atoms with Crippen molar-refractivity contribution in [3.63, 3.8) is 0 Å². The number of aromatic nitrogens is 4. The maximum absolute atomic E-state index is 5.33. The largest absolute Gasteiger partial charge is 0.378 e. The van der Waals surface area contributed by atoms with E-state index in [1.165, 1.54) is 5.56 Å². The maximum Gasteiger partial charge on any atom is 0.181 e. The van der Waals surface area contributed by atoms with Gasteiger partial charge in [-0.3, -0.25) is 0 Å². The second kappa shape index (κ2) is 6.49. The molecule has 1 fully saturated rings. The number of rotatable bonds is 4. The molecule has 0 spiro atoms. The fourth-order valence-electron chi connectivity index (χ4n) is 2.25. The fraction of sp³-hybridized carbons (Fsp3) is 0.400. The summed E-state index contributed by atoms with van der Waals surface area (Å²) in [5.41, 5.74) is 2.27. The van der Waals surface area contributed by atoms with E-state index in [-0.39, 0.29) is 0 Å². The van der Waals surface area contributed by atoms with Crippen molar-refractivity contribution in [3.05, 3.63) is 41.9 Å². The molecule has 0 unspecified atom stereocenters. The molecule has 2 heterocycles. The summed E-state index contributed by atoms with van der Waals surface area (Å²) in [6, 6.07) is 8.29. The number of hydrogen-bond donors (Lipinski definition) is 0. The lowest BCUT2D eigenvalue weighted by atomic mass is 10.1. The van der Waals surface area contributed by atoms with E-state index in [0.29, 0.717) is 0 Å². The van der Waals surface area contributed by atoms with E-state index in [1.807, 2.05) is 24.4 Å². The number of benzene rings is 1. The molecular weight excluding hydrogens is 266 g/mol. The van der Waals surface area contributed by atoms with Gasteiger partial charge in [0.25, 0.3) is 0 Å². The van der Waals surface area contributed by atoms with Gasteiger partial charge in [0.05, 0.1) is 18.9 Å². The predicted octanol–water partition coefficient (Wildman–Crippen LogP) is 1.53. The molecule has 1 aliphatic rings. The third-order valence-electron chi connectivity index (χ3n) is 3.56. The van der Waals surface area contributed by atoms with Crippen LogP contribution in [-0.2, 0) is 11.2 Å². The Hall–Kier alpha value is -2.21. The maximum atomic E-state index is 5.33. The van der Waals surface area contributed by atoms with Gasteiger partial charge in [-0.05, 0) is 34.5 Å². The van der Waals surface area contributed by atoms with Crippen molar-refractivity contribution in [3.8, 4) is 5.69 Å². The molecule has 1 saturated heterocycles. The van der Waals surface area contributed by atoms with Crippen molar-refractivity contribution in [2.75, 3.05) is 26.3 Å². The van der Waals surface area contributed by atoms with E-state index in [9.17, 15) is 0 Å². The predicted molar refractivity (Wildman–Crippen MR) is 80.0 cm³/mol. The van der Waals surface area contributed by atoms with Crippen LogP contribution in [0.3, 0.4) is 0 Å². The van der Waals surface area contributed by atoms with Crippen LogP contribution in [0.1, 0.15) is 18.3 Å². The molecule has 0 saturated carbocycles. The Morgan fingerprint density at radius 1 is 1.19 bits per heavy atom. The van der Waals surface area contributed by atoms with Crippen LogP contribution in [-0.4, -0.2) is 51.4 Å². The minimum atomic E-state index is 0.728. The normalized spacial score (nSPS) is 15.8. The zero-order valence-corrected chi connectivity index (χ0v) is 12.1. The number of ether oxygens (including phenoxy) is 1. The summed E-state index contributed by atoms with van der Waals surface area (Å²) >= 11 is 0. The lowest BCUT2D eigenvalue weighted by molar-refractivity contribution is 0.0597. The summed E-state index contributed by atoms with van der Waals surface area (Å²) in [5, 5.41) is 11.9. The zero-order chi connectivity index (χ0) is 14.5. The average Bonchev–Trinajstić information content (AvgIpc) is 3.02. The van der Waals surface area contributed by atoms with Gasteiger partial charge in [-0.25, -0.2) is 0 Å². The Kier molecular flexibility index (Phi) is 4.25. The van der Waals surface area contributed by atoms with Gasteiger partial charge in [-0.1, -0.05) is 19.1 Å². The van der Waals surface area contributed by atoms with Gasteiger partial charge < -0.3 is 9.64 Å². The first-order valence-electron chi connectivity index (χ1n) is 7.24. The molecule has 0 aliphatic carbocycles. The van der Waals surface area contributed by atoms with Crippen LogP contribution in [0, 0.1) is 0 Å². The Bertz CT molecular complexity index is 599. The molecule has 1 aromatic carbocycles. The Balaban J connectivity index is 1.77. The highest BCUT2D eigenvalue weighted by atomic mass is 16.5. The van der Waals surface area contributed by atoms with Crippen molar-refractivity contribution in [2.24, 2.45) is 0 Å². The smallest absolute Gasteiger partial charge is 0.181 e. The van der Waals surface area contributed by atoms with E-state index in [2.05, 4.69) is 39.5 Å². The number of aryl methyl sites for hydroxylation is 1. The summed E-state index contributed by atoms with van der Waals surface area (Å²) in [4.78, 5) is 2.21. The molecule has 0 bridgehead atoms. The minimum Gasteiger partial charge on any atom is -0.378 e. The topological polar surface area (TPSA) is 56.1 Å². The van der Waals surface area contributed by atoms with Crippen molar-refractivity contribution in [2.45, 2.75) is 13.3 Å². The molecule has 0 radical (unpaired) electrons. The van der Waals surface area contributed by atoms with Crippen LogP contribution in [0.25, 0.3) is 11.8 Å². The Labute approximate surface area is 124 Å². The summed E-state index contributed by atoms with van der Waals surface area (Å²) in [5.74, 6) is 0.728. The number of tetrazole rings is 1. The van der Waals surface area contributed by atoms with Gasteiger partial charge in [-0.2, -0.15) is 4.68 Å². The molecular formula is C15H19N5O. The summed E-state index contributed by atoms with van der Waals surface area (Å²) in [7, 11) is 0. The lowest BCUT2D eigenvalue weighted by Crippen LogP contribution is -2.31. The van der Waals surface area contributed by atoms with Gasteiger partial charge in [0.2, 0.25) is 0 Å². The van der Waals surface area contributed by atoms with Gasteiger partial charge in [0, 0.05) is 25.4 Å². The highest BCUT2D eigenvalue weighted by Crippen LogP contribution is 2.11. The molecule has 6 heteroatoms. The Morgan fingerprint density at radius 2 is 1.95 bits per heavy atom. The van der Waals surface area contributed by atoms with Gasteiger partial charge in [-0.15, -0.1) is 5.10 Å². The first-order chi connectivity index (χ1) is 10.4. The molecule has 1 aromatic heterocycles. The fourth-order valence-corrected chi connectivity index (χ4v) is 2.25. The summed E-state index contributed by atoms with van der Waals surface area (Å²) in [6.45, 7) is 5.50. The second-order valence-electron chi connectivity index (χ2n) is 4.93. The molecule has 0 N–H and O–H groups in total. The van der Waals surface area contributed by atoms with E-state index in [0.717, 1.165) is 44.2 Å². The van der Waals surface area contributed by atoms with E-state index in [1.54, 1.807) is 4.68 Å². The SMILES string of the molecule is CCc1ccc(-n2nnnc2/C=C/N2CCOCC2)cc1. The molecule has 21 heavy (non-hydrogen) atoms. The van der Waals surface area contributed by atoms with E-state index >= 15 is 0 Å². The van der Waals surface area contributed by atoms with Crippen molar-refractivity contribution in [1.82, 2.24) is 25.1 Å². The molecule has 1 aliphatic heterocycles. The molecule has 110 valence electrons. The second-order valence-corrected chi connectivity index (χ2v) is 4.93. The third kappa shape index (κ3) is 3.28. The standard InChI is InChI=1S/C15H19N5O/c1-2-13-3-5-14(6-4-13)20-15(16-17-18-20)7-8-19-9-11-21-12-10-19/h3-8H,2,9-12H2,1H3/b8-7+. The first kappa shape index (κ1) is 13.8. The number of hydrogen-bond acceptors (Lipinski definition) is 5. The van der Waals surface area contributed by atoms with Crippen LogP contribution >= 0.6 is 0 Å². The lowest BCUT2D eigenvalue weighted by Gasteiger charge is -2.24. The highest BCUT2D eigenvalue weighted by Gasteiger charge is 2.08. The van der Waals surface area contributed by atoms with Crippen molar-refractivity contribution >= 4 is 6.08 Å².